The van der Waals surface area contributed by atoms with Crippen LogP contribution >= 0.6 is 34.7 Å². The number of nitrogens with zero attached hydrogens (tertiary/aromatic N) is 7. The Morgan fingerprint density at radius 2 is 1.46 bits per heavy atom. The van der Waals surface area contributed by atoms with Gasteiger partial charge >= 0.3 is 5.51 Å². The average Bonchev–Trinajstić information content (AvgIpc) is 1.06. The normalized spacial score (nSPS) is 20.4. The molecule has 114 heavy (non-hydrogen) atoms. The molecule has 23 nitrogen and oxygen atoms in total. The van der Waals surface area contributed by atoms with Gasteiger partial charge < -0.3 is 45.4 Å². The highest BCUT2D eigenvalue weighted by atomic mass is 35.5. The summed E-state index contributed by atoms with van der Waals surface area (Å²) in [6.07, 6.45) is 5.23. The molecule has 1 aliphatic carbocycles. The number of aromatic nitrogens is 1. The lowest BCUT2D eigenvalue weighted by atomic mass is 9.71. The molecule has 5 heterocycles. The van der Waals surface area contributed by atoms with Crippen LogP contribution in [0.3, 0.4) is 0 Å². The standard InChI is InChI=1S/C82H107ClF3N11O12S5/c1-57(59-18-20-61(21-19-59)75-58(2)87-56-111-75)88-78(101)72-49-67(98)53-97(72)79(102)76(80(3,4)5)90-74(99)17-12-7-8-13-48-112(103,104)96-43-39-94(40-44-96)55-81(6)34-32-70(60-22-26-64(83)27-23-60)63(51-81)52-93-37-41-95(42-38-93)66-28-24-62(25-29-66)77(100)91-114(107,108)69-30-31-71(73(50-69)113(105,106)82(84,85)86)89-65(54-110-68-15-10-9-11-16-68)33-36-92-35-14-46-109-47-45-92/h9-11,15-16,18-31,50,56-57,65,67,72,76,89,98H,7-8,12-14,17,32-49,51-55H2,1-6H3,(H,88,101)(H,90,99)(H,91,100)/t57-,65+,67+,72-,76+,81+/m0/s1. The lowest BCUT2D eigenvalue weighted by molar-refractivity contribution is -0.144. The molecular weight excluding hydrogens is 1580 g/mol. The molecule has 4 fully saturated rings. The maximum absolute atomic E-state index is 14.4. The molecule has 0 saturated carbocycles. The third-order valence-corrected chi connectivity index (χ3v) is 29.4. The number of unbranched alkanes of at least 4 members (excludes halogenated alkanes) is 3. The van der Waals surface area contributed by atoms with E-state index in [0.717, 1.165) is 95.3 Å². The molecule has 4 aliphatic heterocycles. The summed E-state index contributed by atoms with van der Waals surface area (Å²) >= 11 is 9.39. The molecule has 4 amide bonds. The van der Waals surface area contributed by atoms with Crippen LogP contribution in [0.25, 0.3) is 16.0 Å². The fourth-order valence-electron chi connectivity index (χ4n) is 15.7. The number of aryl methyl sites for hydroxylation is 1. The summed E-state index contributed by atoms with van der Waals surface area (Å²) in [5.74, 6) is -1.90. The van der Waals surface area contributed by atoms with Crippen LogP contribution in [0.15, 0.2) is 147 Å². The van der Waals surface area contributed by atoms with Gasteiger partial charge in [0.25, 0.3) is 25.8 Å². The molecule has 1 aromatic heterocycles. The number of aliphatic hydroxyl groups excluding tert-OH is 1. The number of likely N-dealkylation sites (tertiary alicyclic amines) is 1. The van der Waals surface area contributed by atoms with E-state index in [1.807, 2.05) is 106 Å². The number of halogens is 4. The fourth-order valence-corrected chi connectivity index (χ4v) is 21.2. The summed E-state index contributed by atoms with van der Waals surface area (Å²) in [6.45, 7) is 20.8. The lowest BCUT2D eigenvalue weighted by Gasteiger charge is -2.44. The Hall–Kier alpha value is -7.01. The van der Waals surface area contributed by atoms with Crippen LogP contribution in [0.1, 0.15) is 138 Å². The van der Waals surface area contributed by atoms with Crippen molar-refractivity contribution in [3.8, 4) is 10.4 Å². The molecule has 4 saturated heterocycles. The Bertz CT molecular complexity index is 4670. The maximum atomic E-state index is 14.4. The third kappa shape index (κ3) is 23.2. The van der Waals surface area contributed by atoms with Gasteiger partial charge in [-0.3, -0.25) is 24.1 Å². The number of carbonyl (C=O) groups excluding carboxylic acids is 4. The Morgan fingerprint density at radius 3 is 2.14 bits per heavy atom. The number of benzene rings is 5. The number of hydrogen-bond acceptors (Lipinski definition) is 20. The molecule has 5 aromatic carbocycles. The first-order chi connectivity index (χ1) is 54.1. The highest BCUT2D eigenvalue weighted by Crippen LogP contribution is 2.45. The zero-order valence-corrected chi connectivity index (χ0v) is 70.5. The Kier molecular flexibility index (Phi) is 29.7. The number of piperazine rings is 2. The predicted octanol–water partition coefficient (Wildman–Crippen LogP) is 11.9. The average molecular weight is 1690 g/mol. The van der Waals surface area contributed by atoms with E-state index in [0.29, 0.717) is 128 Å². The summed E-state index contributed by atoms with van der Waals surface area (Å²) in [6, 6.07) is 31.1. The summed E-state index contributed by atoms with van der Waals surface area (Å²) in [5, 5.41) is 20.4. The number of sulfone groups is 1. The largest absolute Gasteiger partial charge is 0.501 e. The van der Waals surface area contributed by atoms with Gasteiger partial charge in [-0.25, -0.2) is 35.0 Å². The molecule has 32 heteroatoms. The van der Waals surface area contributed by atoms with Gasteiger partial charge in [-0.15, -0.1) is 23.1 Å². The number of amides is 4. The van der Waals surface area contributed by atoms with Gasteiger partial charge in [0.1, 0.15) is 17.0 Å². The molecule has 5 N–H and O–H groups in total. The van der Waals surface area contributed by atoms with Crippen LogP contribution in [0, 0.1) is 17.8 Å². The number of sulfonamides is 2. The molecule has 0 spiro atoms. The van der Waals surface area contributed by atoms with E-state index in [1.54, 1.807) is 33.3 Å². The van der Waals surface area contributed by atoms with Gasteiger partial charge in [0.2, 0.25) is 27.7 Å². The number of alkyl halides is 3. The van der Waals surface area contributed by atoms with Crippen molar-refractivity contribution in [3.05, 3.63) is 160 Å². The van der Waals surface area contributed by atoms with E-state index in [1.165, 1.54) is 39.9 Å². The molecule has 6 atom stereocenters. The first kappa shape index (κ1) is 87.8. The van der Waals surface area contributed by atoms with Gasteiger partial charge in [0.05, 0.1) is 51.2 Å². The number of anilines is 2. The Labute approximate surface area is 682 Å². The minimum atomic E-state index is -6.12. The monoisotopic (exact) mass is 1690 g/mol. The number of aliphatic hydroxyl groups is 1. The van der Waals surface area contributed by atoms with Crippen LogP contribution in [0.5, 0.6) is 0 Å². The second-order valence-electron chi connectivity index (χ2n) is 32.0. The van der Waals surface area contributed by atoms with Gasteiger partial charge in [-0.2, -0.15) is 17.5 Å². The maximum Gasteiger partial charge on any atom is 0.501 e. The number of ether oxygens (including phenoxy) is 1. The van der Waals surface area contributed by atoms with Gasteiger partial charge in [-0.05, 0) is 159 Å². The van der Waals surface area contributed by atoms with Gasteiger partial charge in [0.15, 0.2) is 0 Å². The van der Waals surface area contributed by atoms with Crippen LogP contribution < -0.4 is 25.6 Å². The van der Waals surface area contributed by atoms with Gasteiger partial charge in [-0.1, -0.05) is 112 Å². The van der Waals surface area contributed by atoms with Crippen LogP contribution in [0.4, 0.5) is 24.5 Å². The number of hydrogen-bond donors (Lipinski definition) is 5. The zero-order chi connectivity index (χ0) is 81.8. The van der Waals surface area contributed by atoms with Crippen molar-refractivity contribution < 1.29 is 67.4 Å². The molecule has 0 bridgehead atoms. The Balaban J connectivity index is 0.628. The predicted molar refractivity (Wildman–Crippen MR) is 442 cm³/mol. The lowest BCUT2D eigenvalue weighted by Crippen LogP contribution is -2.57. The summed E-state index contributed by atoms with van der Waals surface area (Å²) < 4.78 is 134. The number of thiazole rings is 1. The van der Waals surface area contributed by atoms with Crippen molar-refractivity contribution in [1.82, 2.24) is 44.2 Å². The van der Waals surface area contributed by atoms with Crippen LogP contribution in [0.2, 0.25) is 5.02 Å². The van der Waals surface area contributed by atoms with Crippen LogP contribution in [-0.4, -0.2) is 229 Å². The summed E-state index contributed by atoms with van der Waals surface area (Å²) in [5.41, 5.74) is 2.07. The van der Waals surface area contributed by atoms with E-state index in [4.69, 9.17) is 16.3 Å². The number of rotatable bonds is 32. The number of carbonyl (C=O) groups is 4. The highest BCUT2D eigenvalue weighted by molar-refractivity contribution is 7.99. The molecule has 5 aliphatic rings. The second-order valence-corrected chi connectivity index (χ2v) is 40.1. The van der Waals surface area contributed by atoms with Gasteiger partial charge in [0, 0.05) is 144 Å². The second kappa shape index (κ2) is 38.6. The number of thioether (sulfide) groups is 1. The third-order valence-electron chi connectivity index (χ3n) is 22.2. The minimum absolute atomic E-state index is 0.00537. The fraction of sp³-hybridized carbons (Fsp3) is 0.524. The van der Waals surface area contributed by atoms with Crippen molar-refractivity contribution in [2.75, 3.05) is 127 Å². The first-order valence-corrected chi connectivity index (χ1v) is 46.0. The number of β-amino-alcohol motifs (C(OH)–C–C–N with tert-alkyl or cyclic N) is 1. The van der Waals surface area contributed by atoms with Crippen LogP contribution in [-0.2, 0) is 49.0 Å². The van der Waals surface area contributed by atoms with E-state index in [2.05, 4.69) is 59.6 Å². The van der Waals surface area contributed by atoms with Crippen molar-refractivity contribution in [1.29, 1.82) is 0 Å². The SMILES string of the molecule is Cc1ncsc1-c1ccc([C@H](C)NC(=O)[C@@H]2C[C@@H](O)CN2C(=O)[C@@H](NC(=O)CCCCCCS(=O)(=O)N2CCN(C[C@]3(C)CCC(c4ccc(Cl)cc4)=C(CN4CCN(c5ccc(C(=O)NS(=O)(=O)c6ccc(N[C@H](CCN7CCCOCC7)CSc7ccccc7)c(S(=O)(=O)C(F)(F)F)c6)cc5)CC4)C3)CC2)C(C)(C)C)cc1. The quantitative estimate of drug-likeness (QED) is 0.0194. The molecule has 0 radical (unpaired) electrons. The van der Waals surface area contributed by atoms with E-state index >= 15 is 0 Å². The molecule has 11 rings (SSSR count). The number of allylic oxidation sites excluding steroid dienone is 1. The first-order valence-electron chi connectivity index (χ1n) is 39.2. The molecule has 620 valence electrons. The van der Waals surface area contributed by atoms with E-state index in [-0.39, 0.29) is 48.1 Å². The molecular formula is C82H107ClF3N11O12S5. The zero-order valence-electron chi connectivity index (χ0n) is 65.6. The minimum Gasteiger partial charge on any atom is -0.391 e. The topological polar surface area (TPSA) is 281 Å². The highest BCUT2D eigenvalue weighted by Gasteiger charge is 2.49. The van der Waals surface area contributed by atoms with E-state index < -0.39 is 98.2 Å². The van der Waals surface area contributed by atoms with Crippen molar-refractivity contribution >= 4 is 105 Å². The number of nitrogens with one attached hydrogen (secondary N) is 4. The molecule has 6 aromatic rings. The van der Waals surface area contributed by atoms with E-state index in [9.17, 15) is 62.7 Å². The smallest absolute Gasteiger partial charge is 0.391 e. The van der Waals surface area contributed by atoms with Crippen molar-refractivity contribution in [3.63, 3.8) is 0 Å². The summed E-state index contributed by atoms with van der Waals surface area (Å²) in [7, 11) is -14.6. The van der Waals surface area contributed by atoms with Crippen molar-refractivity contribution in [2.24, 2.45) is 10.8 Å². The van der Waals surface area contributed by atoms with Crippen molar-refractivity contribution in [2.45, 2.75) is 163 Å². The summed E-state index contributed by atoms with van der Waals surface area (Å²) in [4.78, 5) is 70.0. The Morgan fingerprint density at radius 1 is 0.781 bits per heavy atom. The molecule has 0 unspecified atom stereocenters.